The first kappa shape index (κ1) is 20.6. The predicted molar refractivity (Wildman–Crippen MR) is 124 cm³/mol. The fourth-order valence-corrected chi connectivity index (χ4v) is 5.54. The van der Waals surface area contributed by atoms with Gasteiger partial charge in [0, 0.05) is 32.2 Å². The molecule has 1 amide bonds. The summed E-state index contributed by atoms with van der Waals surface area (Å²) in [6.45, 7) is 3.91. The Morgan fingerprint density at radius 1 is 0.806 bits per heavy atom. The quantitative estimate of drug-likeness (QED) is 0.721. The van der Waals surface area contributed by atoms with Crippen LogP contribution in [0, 0.1) is 0 Å². The zero-order chi connectivity index (χ0) is 21.0. The highest BCUT2D eigenvalue weighted by Crippen LogP contribution is 2.29. The van der Waals surface area contributed by atoms with E-state index in [-0.39, 0.29) is 12.0 Å². The fourth-order valence-electron chi connectivity index (χ4n) is 5.54. The fraction of sp³-hybridized carbons (Fsp3) is 0.519. The van der Waals surface area contributed by atoms with Gasteiger partial charge in [-0.3, -0.25) is 9.69 Å². The van der Waals surface area contributed by atoms with Crippen LogP contribution in [0.25, 0.3) is 0 Å². The Morgan fingerprint density at radius 2 is 1.52 bits per heavy atom. The van der Waals surface area contributed by atoms with Gasteiger partial charge in [0.1, 0.15) is 11.9 Å². The van der Waals surface area contributed by atoms with E-state index in [4.69, 9.17) is 4.74 Å². The molecular formula is C27H34N2O2. The molecule has 2 heterocycles. The smallest absolute Gasteiger partial charge is 0.257 e. The number of fused-ring (bicyclic) bond motifs is 1. The molecule has 0 aromatic heterocycles. The highest BCUT2D eigenvalue weighted by molar-refractivity contribution is 5.97. The SMILES string of the molecule is O=C(c1ccccc1OC1CCN([C@H]2CCc3ccccc3C2)CC1)N1CCCCC1. The average molecular weight is 419 g/mol. The van der Waals surface area contributed by atoms with Crippen molar-refractivity contribution < 1.29 is 9.53 Å². The molecule has 1 atom stereocenters. The number of amides is 1. The molecule has 4 heteroatoms. The number of aryl methyl sites for hydroxylation is 1. The van der Waals surface area contributed by atoms with Gasteiger partial charge in [0.2, 0.25) is 0 Å². The van der Waals surface area contributed by atoms with E-state index in [1.165, 1.54) is 36.8 Å². The molecule has 0 spiro atoms. The second-order valence-electron chi connectivity index (χ2n) is 9.37. The molecule has 0 bridgehead atoms. The standard InChI is InChI=1S/C27H34N2O2/c30-27(29-16-6-1-7-17-29)25-10-4-5-11-26(25)31-24-14-18-28(19-15-24)23-13-12-21-8-2-3-9-22(21)20-23/h2-5,8-11,23-24H,1,6-7,12-20H2/t23-/m0/s1. The highest BCUT2D eigenvalue weighted by atomic mass is 16.5. The van der Waals surface area contributed by atoms with Gasteiger partial charge in [-0.2, -0.15) is 0 Å². The summed E-state index contributed by atoms with van der Waals surface area (Å²) >= 11 is 0. The number of nitrogens with zero attached hydrogens (tertiary/aromatic N) is 2. The van der Waals surface area contributed by atoms with Crippen LogP contribution in [0.2, 0.25) is 0 Å². The first-order valence-corrected chi connectivity index (χ1v) is 12.1. The lowest BCUT2D eigenvalue weighted by atomic mass is 9.86. The third-order valence-corrected chi connectivity index (χ3v) is 7.37. The van der Waals surface area contributed by atoms with Gasteiger partial charge in [-0.05, 0) is 74.6 Å². The molecular weight excluding hydrogens is 384 g/mol. The van der Waals surface area contributed by atoms with E-state index in [0.29, 0.717) is 6.04 Å². The third-order valence-electron chi connectivity index (χ3n) is 7.37. The van der Waals surface area contributed by atoms with Gasteiger partial charge in [0.25, 0.3) is 5.91 Å². The lowest BCUT2D eigenvalue weighted by molar-refractivity contribution is 0.0651. The van der Waals surface area contributed by atoms with Crippen molar-refractivity contribution in [2.24, 2.45) is 0 Å². The lowest BCUT2D eigenvalue weighted by Crippen LogP contribution is -2.46. The maximum Gasteiger partial charge on any atom is 0.257 e. The number of carbonyl (C=O) groups is 1. The molecule has 31 heavy (non-hydrogen) atoms. The number of hydrogen-bond donors (Lipinski definition) is 0. The normalized spacial score (nSPS) is 22.7. The molecule has 2 aromatic carbocycles. The summed E-state index contributed by atoms with van der Waals surface area (Å²) in [5, 5.41) is 0. The van der Waals surface area contributed by atoms with E-state index in [0.717, 1.165) is 63.2 Å². The maximum absolute atomic E-state index is 13.1. The molecule has 2 aromatic rings. The topological polar surface area (TPSA) is 32.8 Å². The Bertz CT molecular complexity index is 898. The molecule has 0 N–H and O–H groups in total. The summed E-state index contributed by atoms with van der Waals surface area (Å²) in [5.74, 6) is 0.900. The Kier molecular flexibility index (Phi) is 6.26. The van der Waals surface area contributed by atoms with Crippen molar-refractivity contribution >= 4 is 5.91 Å². The molecule has 164 valence electrons. The molecule has 0 radical (unpaired) electrons. The first-order chi connectivity index (χ1) is 15.3. The highest BCUT2D eigenvalue weighted by Gasteiger charge is 2.29. The van der Waals surface area contributed by atoms with Crippen molar-refractivity contribution in [2.45, 2.75) is 63.5 Å². The van der Waals surface area contributed by atoms with Crippen molar-refractivity contribution in [1.82, 2.24) is 9.80 Å². The largest absolute Gasteiger partial charge is 0.489 e. The molecule has 4 nitrogen and oxygen atoms in total. The van der Waals surface area contributed by atoms with Crippen LogP contribution in [0.1, 0.15) is 60.0 Å². The first-order valence-electron chi connectivity index (χ1n) is 12.1. The van der Waals surface area contributed by atoms with Gasteiger partial charge in [-0.25, -0.2) is 0 Å². The van der Waals surface area contributed by atoms with Gasteiger partial charge >= 0.3 is 0 Å². The van der Waals surface area contributed by atoms with Crippen LogP contribution in [0.3, 0.4) is 0 Å². The molecule has 1 aliphatic carbocycles. The summed E-state index contributed by atoms with van der Waals surface area (Å²) < 4.78 is 6.42. The molecule has 5 rings (SSSR count). The van der Waals surface area contributed by atoms with Crippen LogP contribution in [0.4, 0.5) is 0 Å². The zero-order valence-corrected chi connectivity index (χ0v) is 18.5. The van der Waals surface area contributed by atoms with E-state index in [1.807, 2.05) is 29.2 Å². The summed E-state index contributed by atoms with van der Waals surface area (Å²) in [6.07, 6.45) is 9.34. The summed E-state index contributed by atoms with van der Waals surface area (Å²) in [7, 11) is 0. The van der Waals surface area contributed by atoms with Crippen LogP contribution in [0.5, 0.6) is 5.75 Å². The van der Waals surface area contributed by atoms with Crippen molar-refractivity contribution in [3.8, 4) is 5.75 Å². The molecule has 2 fully saturated rings. The van der Waals surface area contributed by atoms with E-state index in [1.54, 1.807) is 0 Å². The number of rotatable bonds is 4. The Hall–Kier alpha value is -2.33. The van der Waals surface area contributed by atoms with E-state index in [9.17, 15) is 4.79 Å². The van der Waals surface area contributed by atoms with Crippen molar-refractivity contribution in [3.63, 3.8) is 0 Å². The number of hydrogen-bond acceptors (Lipinski definition) is 3. The van der Waals surface area contributed by atoms with Crippen LogP contribution in [0.15, 0.2) is 48.5 Å². The lowest BCUT2D eigenvalue weighted by Gasteiger charge is -2.39. The van der Waals surface area contributed by atoms with Crippen LogP contribution >= 0.6 is 0 Å². The summed E-state index contributed by atoms with van der Waals surface area (Å²) in [6, 6.07) is 17.4. The Labute approximate surface area is 186 Å². The third kappa shape index (κ3) is 4.64. The van der Waals surface area contributed by atoms with Gasteiger partial charge in [-0.15, -0.1) is 0 Å². The van der Waals surface area contributed by atoms with Gasteiger partial charge < -0.3 is 9.64 Å². The van der Waals surface area contributed by atoms with Gasteiger partial charge in [0.05, 0.1) is 5.56 Å². The van der Waals surface area contributed by atoms with Crippen LogP contribution < -0.4 is 4.74 Å². The summed E-state index contributed by atoms with van der Waals surface area (Å²) in [4.78, 5) is 17.7. The molecule has 2 saturated heterocycles. The number of para-hydroxylation sites is 1. The molecule has 0 unspecified atom stereocenters. The Balaban J connectivity index is 1.18. The maximum atomic E-state index is 13.1. The second-order valence-corrected chi connectivity index (χ2v) is 9.37. The molecule has 3 aliphatic rings. The average Bonchev–Trinajstić information content (AvgIpc) is 2.85. The number of piperidine rings is 2. The number of likely N-dealkylation sites (tertiary alicyclic amines) is 2. The number of carbonyl (C=O) groups excluding carboxylic acids is 1. The van der Waals surface area contributed by atoms with Gasteiger partial charge in [-0.1, -0.05) is 36.4 Å². The Morgan fingerprint density at radius 3 is 2.32 bits per heavy atom. The van der Waals surface area contributed by atoms with Crippen molar-refractivity contribution in [2.75, 3.05) is 26.2 Å². The minimum Gasteiger partial charge on any atom is -0.489 e. The van der Waals surface area contributed by atoms with Crippen LogP contribution in [-0.4, -0.2) is 54.0 Å². The monoisotopic (exact) mass is 418 g/mol. The van der Waals surface area contributed by atoms with Crippen LogP contribution in [-0.2, 0) is 12.8 Å². The minimum atomic E-state index is 0.133. The number of benzene rings is 2. The zero-order valence-electron chi connectivity index (χ0n) is 18.5. The van der Waals surface area contributed by atoms with Crippen molar-refractivity contribution in [1.29, 1.82) is 0 Å². The summed E-state index contributed by atoms with van der Waals surface area (Å²) in [5.41, 5.74) is 3.80. The predicted octanol–water partition coefficient (Wildman–Crippen LogP) is 4.71. The molecule has 0 saturated carbocycles. The number of ether oxygens (including phenoxy) is 1. The van der Waals surface area contributed by atoms with E-state index < -0.39 is 0 Å². The van der Waals surface area contributed by atoms with Gasteiger partial charge in [0.15, 0.2) is 0 Å². The minimum absolute atomic E-state index is 0.133. The van der Waals surface area contributed by atoms with E-state index >= 15 is 0 Å². The molecule has 2 aliphatic heterocycles. The van der Waals surface area contributed by atoms with E-state index in [2.05, 4.69) is 29.2 Å². The van der Waals surface area contributed by atoms with Crippen molar-refractivity contribution in [3.05, 3.63) is 65.2 Å². The second kappa shape index (κ2) is 9.44.